The second-order valence-electron chi connectivity index (χ2n) is 11.8. The van der Waals surface area contributed by atoms with Crippen LogP contribution in [0.25, 0.3) is 0 Å². The lowest BCUT2D eigenvalue weighted by Crippen LogP contribution is -2.54. The molecule has 22 heteroatoms. The predicted molar refractivity (Wildman–Crippen MR) is 188 cm³/mol. The van der Waals surface area contributed by atoms with Gasteiger partial charge < -0.3 is 18.9 Å². The number of nitrogens with zero attached hydrogens (tertiary/aromatic N) is 2. The topological polar surface area (TPSA) is 259 Å². The summed E-state index contributed by atoms with van der Waals surface area (Å²) in [5.74, 6) is 0. The first-order valence-corrected chi connectivity index (χ1v) is 20.6. The largest absolute Gasteiger partial charge is 0.493 e. The summed E-state index contributed by atoms with van der Waals surface area (Å²) >= 11 is 0. The Hall–Kier alpha value is -4.65. The van der Waals surface area contributed by atoms with E-state index in [1.165, 1.54) is 36.4 Å². The molecule has 2 aliphatic heterocycles. The second kappa shape index (κ2) is 17.2. The van der Waals surface area contributed by atoms with Gasteiger partial charge >= 0.3 is 0 Å². The Balaban J connectivity index is 1.34. The summed E-state index contributed by atoms with van der Waals surface area (Å²) in [5.41, 5.74) is -0.549. The minimum Gasteiger partial charge on any atom is -0.493 e. The third-order valence-electron chi connectivity index (χ3n) is 7.83. The van der Waals surface area contributed by atoms with Gasteiger partial charge in [0.1, 0.15) is 12.2 Å². The lowest BCUT2D eigenvalue weighted by Gasteiger charge is -2.36. The number of benzene rings is 3. The highest BCUT2D eigenvalue weighted by molar-refractivity contribution is 7.90. The van der Waals surface area contributed by atoms with E-state index in [1.807, 2.05) is 18.2 Å². The van der Waals surface area contributed by atoms with Gasteiger partial charge in [-0.25, -0.2) is 26.3 Å². The van der Waals surface area contributed by atoms with Gasteiger partial charge in [-0.2, -0.15) is 8.42 Å². The fourth-order valence-corrected chi connectivity index (χ4v) is 8.83. The van der Waals surface area contributed by atoms with Crippen molar-refractivity contribution in [2.24, 2.45) is 0 Å². The monoisotopic (exact) mass is 810 g/mol. The molecule has 0 fully saturated rings. The van der Waals surface area contributed by atoms with Gasteiger partial charge in [-0.3, -0.25) is 24.4 Å². The first kappa shape index (κ1) is 40.5. The first-order valence-electron chi connectivity index (χ1n) is 15.8. The number of nitro benzene ring substituents is 2. The highest BCUT2D eigenvalue weighted by Gasteiger charge is 2.41. The van der Waals surface area contributed by atoms with Crippen molar-refractivity contribution in [1.29, 1.82) is 0 Å². The van der Waals surface area contributed by atoms with Gasteiger partial charge in [0.25, 0.3) is 21.5 Å². The molecule has 0 bridgehead atoms. The number of hydrogen-bond acceptors (Lipinski definition) is 15. The minimum atomic E-state index is -4.63. The maximum atomic E-state index is 13.4. The summed E-state index contributed by atoms with van der Waals surface area (Å²) in [6.07, 6.45) is 0.513. The number of nitro groups is 2. The third kappa shape index (κ3) is 10.5. The Labute approximate surface area is 310 Å². The standard InChI is InChI=1S/C32H34N4O15S3/c1-52(41,42)51-32-24(34-54(45,46)30-14-8-6-12-26(30)36(39)40)17-18-48-28(32)21-49-31-16-15-23(27(50-31)20-47-19-22-9-3-2-4-10-22)33-53(43,44)29-13-7-5-11-25(29)35(37)38/h2-18,23-24,27-28,31-34H,19-21H2,1H3/t23-,24-,27+,28+,31-,32+/m0/s1. The van der Waals surface area contributed by atoms with Gasteiger partial charge in [0.15, 0.2) is 22.2 Å². The lowest BCUT2D eigenvalue weighted by molar-refractivity contribution is -0.388. The van der Waals surface area contributed by atoms with Crippen molar-refractivity contribution in [3.8, 4) is 0 Å². The Morgan fingerprint density at radius 2 is 1.26 bits per heavy atom. The van der Waals surface area contributed by atoms with Crippen LogP contribution in [0.5, 0.6) is 0 Å². The molecule has 0 radical (unpaired) electrons. The zero-order chi connectivity index (χ0) is 39.1. The molecule has 290 valence electrons. The van der Waals surface area contributed by atoms with Crippen LogP contribution in [0.4, 0.5) is 11.4 Å². The summed E-state index contributed by atoms with van der Waals surface area (Å²) in [5, 5.41) is 23.1. The molecule has 3 aromatic carbocycles. The molecule has 0 amide bonds. The van der Waals surface area contributed by atoms with Crippen molar-refractivity contribution in [2.45, 2.75) is 53.1 Å². The third-order valence-corrected chi connectivity index (χ3v) is 11.4. The van der Waals surface area contributed by atoms with E-state index in [0.29, 0.717) is 0 Å². The summed E-state index contributed by atoms with van der Waals surface area (Å²) in [6.45, 7) is -0.551. The van der Waals surface area contributed by atoms with Crippen LogP contribution in [0.1, 0.15) is 5.56 Å². The van der Waals surface area contributed by atoms with Crippen molar-refractivity contribution in [2.75, 3.05) is 19.5 Å². The summed E-state index contributed by atoms with van der Waals surface area (Å²) in [6, 6.07) is 15.9. The zero-order valence-corrected chi connectivity index (χ0v) is 30.6. The highest BCUT2D eigenvalue weighted by atomic mass is 32.2. The van der Waals surface area contributed by atoms with Gasteiger partial charge in [-0.15, -0.1) is 0 Å². The molecule has 5 rings (SSSR count). The molecular weight excluding hydrogens is 777 g/mol. The Bertz CT molecular complexity index is 2220. The van der Waals surface area contributed by atoms with Crippen molar-refractivity contribution >= 4 is 41.5 Å². The van der Waals surface area contributed by atoms with E-state index in [0.717, 1.165) is 48.4 Å². The fourth-order valence-electron chi connectivity index (χ4n) is 5.42. The average molecular weight is 811 g/mol. The Morgan fingerprint density at radius 1 is 0.704 bits per heavy atom. The van der Waals surface area contributed by atoms with E-state index < -0.39 is 104 Å². The molecule has 2 aliphatic rings. The van der Waals surface area contributed by atoms with Crippen molar-refractivity contribution in [1.82, 2.24) is 9.44 Å². The zero-order valence-electron chi connectivity index (χ0n) is 28.1. The molecule has 54 heavy (non-hydrogen) atoms. The van der Waals surface area contributed by atoms with E-state index in [4.69, 9.17) is 23.1 Å². The van der Waals surface area contributed by atoms with Crippen LogP contribution in [0, 0.1) is 20.2 Å². The van der Waals surface area contributed by atoms with Gasteiger partial charge in [0.05, 0.1) is 54.3 Å². The van der Waals surface area contributed by atoms with Crippen molar-refractivity contribution < 1.29 is 58.2 Å². The molecule has 6 atom stereocenters. The van der Waals surface area contributed by atoms with Crippen LogP contribution in [-0.4, -0.2) is 91.3 Å². The SMILES string of the molecule is CS(=O)(=O)O[C@@H]1[C@@H](NS(=O)(=O)c2ccccc2[N+](=O)[O-])C=CO[C@@H]1CO[C@@H]1C=C[C@H](NS(=O)(=O)c2ccccc2[N+](=O)[O-])[C@@H](COCc2ccccc2)O1. The molecule has 19 nitrogen and oxygen atoms in total. The van der Waals surface area contributed by atoms with Crippen molar-refractivity contribution in [3.63, 3.8) is 0 Å². The number of ether oxygens (including phenoxy) is 4. The quantitative estimate of drug-likeness (QED) is 0.0858. The molecule has 2 heterocycles. The number of sulfonamides is 2. The first-order chi connectivity index (χ1) is 25.5. The number of rotatable bonds is 17. The van der Waals surface area contributed by atoms with E-state index in [1.54, 1.807) is 12.1 Å². The van der Waals surface area contributed by atoms with Crippen LogP contribution >= 0.6 is 0 Å². The molecule has 0 spiro atoms. The van der Waals surface area contributed by atoms with Crippen molar-refractivity contribution in [3.05, 3.63) is 129 Å². The second-order valence-corrected chi connectivity index (χ2v) is 16.7. The molecular formula is C32H34N4O15S3. The lowest BCUT2D eigenvalue weighted by atomic mass is 10.1. The summed E-state index contributed by atoms with van der Waals surface area (Å²) in [4.78, 5) is 20.1. The number of hydrogen-bond donors (Lipinski definition) is 2. The molecule has 0 unspecified atom stereocenters. The Morgan fingerprint density at radius 3 is 1.83 bits per heavy atom. The molecule has 0 saturated heterocycles. The van der Waals surface area contributed by atoms with Crippen LogP contribution < -0.4 is 9.44 Å². The van der Waals surface area contributed by atoms with Crippen LogP contribution in [0.2, 0.25) is 0 Å². The predicted octanol–water partition coefficient (Wildman–Crippen LogP) is 2.27. The number of nitrogens with one attached hydrogen (secondary N) is 2. The number of para-hydroxylation sites is 2. The normalized spacial score (nSPS) is 23.1. The maximum absolute atomic E-state index is 13.4. The van der Waals surface area contributed by atoms with Gasteiger partial charge in [0, 0.05) is 12.1 Å². The molecule has 0 aromatic heterocycles. The smallest absolute Gasteiger partial charge is 0.289 e. The minimum absolute atomic E-state index is 0.121. The molecule has 2 N–H and O–H groups in total. The maximum Gasteiger partial charge on any atom is 0.289 e. The molecule has 0 saturated carbocycles. The van der Waals surface area contributed by atoms with Gasteiger partial charge in [-0.05, 0) is 29.8 Å². The fraction of sp³-hybridized carbons (Fsp3) is 0.312. The summed E-state index contributed by atoms with van der Waals surface area (Å²) in [7, 11) is -13.4. The molecule has 0 aliphatic carbocycles. The molecule has 3 aromatic rings. The van der Waals surface area contributed by atoms with Crippen LogP contribution in [0.15, 0.2) is 113 Å². The van der Waals surface area contributed by atoms with E-state index in [9.17, 15) is 45.5 Å². The van der Waals surface area contributed by atoms with Crippen LogP contribution in [0.3, 0.4) is 0 Å². The average Bonchev–Trinajstić information content (AvgIpc) is 3.12. The summed E-state index contributed by atoms with van der Waals surface area (Å²) < 4.78 is 111. The van der Waals surface area contributed by atoms with Gasteiger partial charge in [0.2, 0.25) is 20.0 Å². The van der Waals surface area contributed by atoms with E-state index in [-0.39, 0.29) is 13.2 Å². The van der Waals surface area contributed by atoms with E-state index >= 15 is 0 Å². The van der Waals surface area contributed by atoms with Gasteiger partial charge in [-0.1, -0.05) is 60.7 Å². The Kier molecular flexibility index (Phi) is 12.9. The highest BCUT2D eigenvalue weighted by Crippen LogP contribution is 2.28. The van der Waals surface area contributed by atoms with E-state index in [2.05, 4.69) is 9.44 Å². The van der Waals surface area contributed by atoms with Crippen LogP contribution in [-0.2, 0) is 59.9 Å².